The van der Waals surface area contributed by atoms with Crippen molar-refractivity contribution in [3.05, 3.63) is 59.7 Å². The van der Waals surface area contributed by atoms with Gasteiger partial charge in [-0.1, -0.05) is 13.0 Å². The molecule has 14 heteroatoms. The fourth-order valence-corrected chi connectivity index (χ4v) is 6.06. The molecule has 0 bridgehead atoms. The number of aromatic hydroxyl groups is 1. The molecule has 1 aromatic carbocycles. The molecule has 0 aromatic heterocycles. The van der Waals surface area contributed by atoms with E-state index >= 15 is 0 Å². The highest BCUT2D eigenvalue weighted by Gasteiger charge is 2.54. The second kappa shape index (κ2) is 10.9. The average molecular weight is 499 g/mol. The number of aliphatic hydroxyl groups is 1. The highest BCUT2D eigenvalue weighted by molar-refractivity contribution is 5.40. The summed E-state index contributed by atoms with van der Waals surface area (Å²) in [4.78, 5) is 40.5. The van der Waals surface area contributed by atoms with Crippen LogP contribution in [0.1, 0.15) is 56.1 Å². The van der Waals surface area contributed by atoms with Gasteiger partial charge < -0.3 is 24.7 Å². The van der Waals surface area contributed by atoms with E-state index in [4.69, 9.17) is 0 Å². The standard InChI is InChI=1S/C18H24O2.C3H5N3O9/c1-18-9-8-14-13-5-3-12(19)10-11(13)2-4-15(14)16(18)6-7-17(18)20;7-4(8)13-1-3(15-6(11)12)2-14-5(9)10/h3,5,10,14-17,19-20H,2,4,6-9H2,1H3;3H,1-2H2/t14-,15-,16+,17?,18+;/m1./s1. The van der Waals surface area contributed by atoms with Gasteiger partial charge in [0.2, 0.25) is 0 Å². The summed E-state index contributed by atoms with van der Waals surface area (Å²) in [5.41, 5.74) is 2.99. The largest absolute Gasteiger partial charge is 0.508 e. The molecule has 3 aliphatic rings. The van der Waals surface area contributed by atoms with Crippen molar-refractivity contribution < 1.29 is 40.0 Å². The van der Waals surface area contributed by atoms with Crippen molar-refractivity contribution in [2.75, 3.05) is 13.2 Å². The van der Waals surface area contributed by atoms with Crippen molar-refractivity contribution in [2.24, 2.45) is 17.3 Å². The minimum absolute atomic E-state index is 0.0883. The van der Waals surface area contributed by atoms with Gasteiger partial charge in [0, 0.05) is 0 Å². The maximum absolute atomic E-state index is 10.4. The van der Waals surface area contributed by atoms with Gasteiger partial charge in [0.25, 0.3) is 15.3 Å². The Morgan fingerprint density at radius 1 is 1.03 bits per heavy atom. The van der Waals surface area contributed by atoms with Crippen LogP contribution in [0.5, 0.6) is 5.75 Å². The Bertz CT molecular complexity index is 927. The van der Waals surface area contributed by atoms with Gasteiger partial charge in [0.05, 0.1) is 6.10 Å². The molecule has 2 fully saturated rings. The summed E-state index contributed by atoms with van der Waals surface area (Å²) >= 11 is 0. The normalized spacial score (nSPS) is 28.4. The first kappa shape index (κ1) is 26.2. The zero-order valence-electron chi connectivity index (χ0n) is 19.2. The van der Waals surface area contributed by atoms with Crippen LogP contribution in [0.4, 0.5) is 0 Å². The summed E-state index contributed by atoms with van der Waals surface area (Å²) < 4.78 is 0. The second-order valence-corrected chi connectivity index (χ2v) is 9.43. The highest BCUT2D eigenvalue weighted by atomic mass is 17.0. The van der Waals surface area contributed by atoms with Crippen LogP contribution >= 0.6 is 0 Å². The predicted molar refractivity (Wildman–Crippen MR) is 116 cm³/mol. The number of aryl methyl sites for hydroxylation is 1. The Morgan fingerprint density at radius 3 is 2.29 bits per heavy atom. The van der Waals surface area contributed by atoms with E-state index in [0.717, 1.165) is 25.2 Å². The van der Waals surface area contributed by atoms with E-state index in [2.05, 4.69) is 27.5 Å². The summed E-state index contributed by atoms with van der Waals surface area (Å²) in [6.07, 6.45) is 5.23. The van der Waals surface area contributed by atoms with Gasteiger partial charge in [-0.15, -0.1) is 30.3 Å². The van der Waals surface area contributed by atoms with E-state index in [1.54, 1.807) is 0 Å². The summed E-state index contributed by atoms with van der Waals surface area (Å²) in [6, 6.07) is 5.96. The fraction of sp³-hybridized carbons (Fsp3) is 0.714. The molecule has 1 aromatic rings. The van der Waals surface area contributed by atoms with Crippen molar-refractivity contribution in [1.82, 2.24) is 0 Å². The van der Waals surface area contributed by atoms with Crippen LogP contribution in [0.3, 0.4) is 0 Å². The summed E-state index contributed by atoms with van der Waals surface area (Å²) in [6.45, 7) is 0.627. The molecular weight excluding hydrogens is 470 g/mol. The van der Waals surface area contributed by atoms with Gasteiger partial charge in [-0.25, -0.2) is 0 Å². The average Bonchev–Trinajstić information content (AvgIpc) is 3.09. The molecule has 35 heavy (non-hydrogen) atoms. The predicted octanol–water partition coefficient (Wildman–Crippen LogP) is 2.59. The first-order valence-electron chi connectivity index (χ1n) is 11.4. The third kappa shape index (κ3) is 6.18. The third-order valence-electron chi connectivity index (χ3n) is 7.63. The molecule has 14 nitrogen and oxygen atoms in total. The molecule has 0 amide bonds. The Morgan fingerprint density at radius 2 is 1.69 bits per heavy atom. The quantitative estimate of drug-likeness (QED) is 0.393. The summed E-state index contributed by atoms with van der Waals surface area (Å²) in [7, 11) is 0. The summed E-state index contributed by atoms with van der Waals surface area (Å²) in [5.74, 6) is 2.49. The Kier molecular flexibility index (Phi) is 8.14. The van der Waals surface area contributed by atoms with Crippen molar-refractivity contribution in [3.8, 4) is 5.75 Å². The minimum Gasteiger partial charge on any atom is -0.508 e. The van der Waals surface area contributed by atoms with Crippen LogP contribution in [-0.4, -0.2) is 50.9 Å². The van der Waals surface area contributed by atoms with Gasteiger partial charge in [-0.05, 0) is 85.0 Å². The highest BCUT2D eigenvalue weighted by Crippen LogP contribution is 2.60. The number of fused-ring (bicyclic) bond motifs is 5. The monoisotopic (exact) mass is 499 g/mol. The first-order valence-corrected chi connectivity index (χ1v) is 11.4. The zero-order chi connectivity index (χ0) is 25.8. The van der Waals surface area contributed by atoms with Crippen molar-refractivity contribution >= 4 is 0 Å². The lowest BCUT2D eigenvalue weighted by atomic mass is 9.55. The van der Waals surface area contributed by atoms with Gasteiger partial charge >= 0.3 is 0 Å². The lowest BCUT2D eigenvalue weighted by Crippen LogP contribution is -2.43. The SMILES string of the molecule is C[C@]12CC[C@@H]3c4ccc(O)cc4CC[C@H]3[C@@H]1CCC2O.O=[N+]([O-])OCC(CO[N+](=O)[O-])O[N+](=O)[O-]. The molecule has 0 heterocycles. The third-order valence-corrected chi connectivity index (χ3v) is 7.63. The maximum Gasteiger partial charge on any atom is 0.294 e. The van der Waals surface area contributed by atoms with Crippen LogP contribution in [-0.2, 0) is 20.9 Å². The van der Waals surface area contributed by atoms with Gasteiger partial charge in [0.1, 0.15) is 19.0 Å². The number of phenols is 1. The van der Waals surface area contributed by atoms with Crippen molar-refractivity contribution in [2.45, 2.75) is 63.6 Å². The second-order valence-electron chi connectivity index (χ2n) is 9.43. The van der Waals surface area contributed by atoms with Crippen LogP contribution in [0.2, 0.25) is 0 Å². The maximum atomic E-state index is 10.4. The Balaban J connectivity index is 0.000000207. The van der Waals surface area contributed by atoms with Crippen LogP contribution in [0.25, 0.3) is 0 Å². The van der Waals surface area contributed by atoms with E-state index in [9.17, 15) is 40.6 Å². The number of benzene rings is 1. The van der Waals surface area contributed by atoms with E-state index in [1.807, 2.05) is 12.1 Å². The molecular formula is C21H29N3O11. The number of hydrogen-bond acceptors (Lipinski definition) is 11. The van der Waals surface area contributed by atoms with Crippen LogP contribution < -0.4 is 0 Å². The Labute approximate surface area is 200 Å². The molecule has 0 saturated heterocycles. The van der Waals surface area contributed by atoms with E-state index in [0.29, 0.717) is 17.6 Å². The van der Waals surface area contributed by atoms with Crippen LogP contribution in [0.15, 0.2) is 18.2 Å². The van der Waals surface area contributed by atoms with Gasteiger partial charge in [-0.2, -0.15) is 0 Å². The van der Waals surface area contributed by atoms with Crippen molar-refractivity contribution in [3.63, 3.8) is 0 Å². The topological polar surface area (TPSA) is 198 Å². The van der Waals surface area contributed by atoms with E-state index in [1.165, 1.54) is 30.4 Å². The number of rotatable bonds is 8. The van der Waals surface area contributed by atoms with Crippen molar-refractivity contribution in [1.29, 1.82) is 0 Å². The smallest absolute Gasteiger partial charge is 0.294 e. The van der Waals surface area contributed by atoms with E-state index < -0.39 is 34.6 Å². The van der Waals surface area contributed by atoms with Gasteiger partial charge in [0.15, 0.2) is 6.10 Å². The Hall–Kier alpha value is -3.42. The molecule has 3 aliphatic carbocycles. The molecule has 1 unspecified atom stereocenters. The molecule has 0 spiro atoms. The minimum atomic E-state index is -1.55. The van der Waals surface area contributed by atoms with E-state index in [-0.39, 0.29) is 11.5 Å². The molecule has 4 rings (SSSR count). The molecule has 5 atom stereocenters. The number of aliphatic hydroxyl groups excluding tert-OH is 1. The summed E-state index contributed by atoms with van der Waals surface area (Å²) in [5, 5.41) is 45.6. The number of nitrogens with zero attached hydrogens (tertiary/aromatic N) is 3. The lowest BCUT2D eigenvalue weighted by molar-refractivity contribution is -0.803. The van der Waals surface area contributed by atoms with Gasteiger partial charge in [-0.3, -0.25) is 0 Å². The number of hydrogen-bond donors (Lipinski definition) is 2. The fourth-order valence-electron chi connectivity index (χ4n) is 6.06. The zero-order valence-corrected chi connectivity index (χ0v) is 19.2. The molecule has 2 saturated carbocycles. The molecule has 0 aliphatic heterocycles. The number of phenolic OH excluding ortho intramolecular Hbond substituents is 1. The lowest BCUT2D eigenvalue weighted by Gasteiger charge is -2.50. The van der Waals surface area contributed by atoms with Crippen LogP contribution in [0, 0.1) is 47.6 Å². The molecule has 0 radical (unpaired) electrons. The molecule has 2 N–H and O–H groups in total. The molecule has 194 valence electrons. The first-order chi connectivity index (χ1) is 16.5.